The molecule has 0 bridgehead atoms. The molecule has 0 saturated heterocycles. The van der Waals surface area contributed by atoms with Crippen LogP contribution in [0.15, 0.2) is 15.3 Å². The zero-order valence-corrected chi connectivity index (χ0v) is 7.99. The molecule has 2 heterocycles. The van der Waals surface area contributed by atoms with Crippen LogP contribution in [0.3, 0.4) is 0 Å². The third-order valence-electron chi connectivity index (χ3n) is 2.26. The van der Waals surface area contributed by atoms with Crippen LogP contribution in [0, 0.1) is 6.92 Å². The van der Waals surface area contributed by atoms with E-state index in [0.717, 1.165) is 0 Å². The third-order valence-corrected chi connectivity index (χ3v) is 2.26. The number of hydrogen-bond donors (Lipinski definition) is 0. The monoisotopic (exact) mass is 194 g/mol. The van der Waals surface area contributed by atoms with Gasteiger partial charge in [0.05, 0.1) is 12.0 Å². The van der Waals surface area contributed by atoms with Crippen LogP contribution in [-0.2, 0) is 4.79 Å². The van der Waals surface area contributed by atoms with Gasteiger partial charge in [-0.2, -0.15) is 0 Å². The molecule has 0 aliphatic carbocycles. The van der Waals surface area contributed by atoms with E-state index >= 15 is 0 Å². The van der Waals surface area contributed by atoms with Gasteiger partial charge in [-0.3, -0.25) is 4.79 Å². The average molecular weight is 194 g/mol. The maximum atomic E-state index is 11.4. The van der Waals surface area contributed by atoms with Gasteiger partial charge in [0.25, 0.3) is 0 Å². The number of fused-ring (bicyclic) bond motifs is 1. The number of carbonyl (C=O) groups is 1. The molecular formula is C10H10O4. The second-order valence-electron chi connectivity index (χ2n) is 3.50. The van der Waals surface area contributed by atoms with Gasteiger partial charge in [-0.15, -0.1) is 0 Å². The van der Waals surface area contributed by atoms with Crippen LogP contribution in [0.4, 0.5) is 0 Å². The molecule has 0 fully saturated rings. The Kier molecular flexibility index (Phi) is 1.91. The number of aryl methyl sites for hydroxylation is 1. The lowest BCUT2D eigenvalue weighted by atomic mass is 9.96. The van der Waals surface area contributed by atoms with E-state index in [1.165, 1.54) is 0 Å². The molecule has 74 valence electrons. The Hall–Kier alpha value is -1.58. The Labute approximate surface area is 80.5 Å². The molecule has 1 aliphatic rings. The minimum atomic E-state index is -0.403. The molecule has 4 heteroatoms. The second-order valence-corrected chi connectivity index (χ2v) is 3.50. The summed E-state index contributed by atoms with van der Waals surface area (Å²) < 4.78 is 9.90. The highest BCUT2D eigenvalue weighted by molar-refractivity contribution is 5.76. The Bertz CT molecular complexity index is 444. The normalized spacial score (nSPS) is 20.1. The molecule has 2 rings (SSSR count). The highest BCUT2D eigenvalue weighted by atomic mass is 16.5. The highest BCUT2D eigenvalue weighted by Gasteiger charge is 2.27. The summed E-state index contributed by atoms with van der Waals surface area (Å²) in [5.74, 6) is 0.385. The Morgan fingerprint density at radius 1 is 1.43 bits per heavy atom. The van der Waals surface area contributed by atoms with E-state index in [1.807, 2.05) is 6.92 Å². The maximum Gasteiger partial charge on any atom is 0.343 e. The van der Waals surface area contributed by atoms with Crippen molar-refractivity contribution in [1.29, 1.82) is 0 Å². The van der Waals surface area contributed by atoms with Gasteiger partial charge < -0.3 is 9.15 Å². The molecule has 0 aromatic carbocycles. The van der Waals surface area contributed by atoms with Crippen LogP contribution >= 0.6 is 0 Å². The Balaban J connectivity index is 2.64. The summed E-state index contributed by atoms with van der Waals surface area (Å²) in [7, 11) is 0. The Morgan fingerprint density at radius 3 is 2.86 bits per heavy atom. The van der Waals surface area contributed by atoms with Gasteiger partial charge in [0.15, 0.2) is 0 Å². The molecule has 1 aliphatic heterocycles. The lowest BCUT2D eigenvalue weighted by Gasteiger charge is -2.19. The van der Waals surface area contributed by atoms with Crippen LogP contribution < -0.4 is 10.4 Å². The van der Waals surface area contributed by atoms with Crippen LogP contribution in [0.5, 0.6) is 5.75 Å². The summed E-state index contributed by atoms with van der Waals surface area (Å²) in [5.41, 5.74) is 0.0650. The minimum absolute atomic E-state index is 0.122. The Morgan fingerprint density at radius 2 is 2.14 bits per heavy atom. The molecule has 0 amide bonds. The van der Waals surface area contributed by atoms with Crippen molar-refractivity contribution in [2.45, 2.75) is 26.2 Å². The topological polar surface area (TPSA) is 56.5 Å². The van der Waals surface area contributed by atoms with Crippen molar-refractivity contribution in [2.24, 2.45) is 0 Å². The predicted octanol–water partition coefficient (Wildman–Crippen LogP) is 1.36. The predicted molar refractivity (Wildman–Crippen MR) is 48.4 cm³/mol. The first-order chi connectivity index (χ1) is 6.58. The standard InChI is InChI=1S/C10H10O4/c1-5-3-8(11)14-7-4-6(2)13-10(12)9(5)7/h4-5H,3H2,1-2H3. The highest BCUT2D eigenvalue weighted by Crippen LogP contribution is 2.31. The number of carbonyl (C=O) groups excluding carboxylic acids is 1. The summed E-state index contributed by atoms with van der Waals surface area (Å²) in [6.45, 7) is 3.46. The van der Waals surface area contributed by atoms with Crippen molar-refractivity contribution < 1.29 is 13.9 Å². The molecule has 0 spiro atoms. The first-order valence-electron chi connectivity index (χ1n) is 4.43. The van der Waals surface area contributed by atoms with Gasteiger partial charge in [-0.25, -0.2) is 4.79 Å². The molecule has 4 nitrogen and oxygen atoms in total. The van der Waals surface area contributed by atoms with E-state index in [9.17, 15) is 9.59 Å². The third kappa shape index (κ3) is 1.32. The first kappa shape index (κ1) is 8.99. The minimum Gasteiger partial charge on any atom is -0.428 e. The van der Waals surface area contributed by atoms with Gasteiger partial charge in [0.2, 0.25) is 0 Å². The van der Waals surface area contributed by atoms with Crippen LogP contribution in [0.25, 0.3) is 0 Å². The number of rotatable bonds is 0. The van der Waals surface area contributed by atoms with Crippen molar-refractivity contribution in [3.8, 4) is 5.75 Å². The van der Waals surface area contributed by atoms with Crippen molar-refractivity contribution in [3.05, 3.63) is 27.8 Å². The fourth-order valence-electron chi connectivity index (χ4n) is 1.64. The van der Waals surface area contributed by atoms with E-state index in [0.29, 0.717) is 17.1 Å². The zero-order chi connectivity index (χ0) is 10.3. The van der Waals surface area contributed by atoms with E-state index in [4.69, 9.17) is 9.15 Å². The lowest BCUT2D eigenvalue weighted by Crippen LogP contribution is -2.24. The van der Waals surface area contributed by atoms with Crippen molar-refractivity contribution in [2.75, 3.05) is 0 Å². The lowest BCUT2D eigenvalue weighted by molar-refractivity contribution is -0.135. The molecule has 0 radical (unpaired) electrons. The van der Waals surface area contributed by atoms with Gasteiger partial charge in [0, 0.05) is 12.0 Å². The SMILES string of the molecule is Cc1cc2c(c(=O)o1)C(C)CC(=O)O2. The fraction of sp³-hybridized carbons (Fsp3) is 0.400. The first-order valence-corrected chi connectivity index (χ1v) is 4.43. The quantitative estimate of drug-likeness (QED) is 0.585. The summed E-state index contributed by atoms with van der Waals surface area (Å²) in [5, 5.41) is 0. The molecule has 14 heavy (non-hydrogen) atoms. The molecule has 1 aromatic rings. The number of ether oxygens (including phenoxy) is 1. The molecule has 0 N–H and O–H groups in total. The van der Waals surface area contributed by atoms with E-state index in [1.54, 1.807) is 13.0 Å². The van der Waals surface area contributed by atoms with E-state index in [-0.39, 0.29) is 18.3 Å². The largest absolute Gasteiger partial charge is 0.428 e. The molecule has 1 atom stereocenters. The smallest absolute Gasteiger partial charge is 0.343 e. The van der Waals surface area contributed by atoms with Crippen LogP contribution in [-0.4, -0.2) is 5.97 Å². The second kappa shape index (κ2) is 2.97. The van der Waals surface area contributed by atoms with Crippen molar-refractivity contribution >= 4 is 5.97 Å². The summed E-state index contributed by atoms with van der Waals surface area (Å²) >= 11 is 0. The van der Waals surface area contributed by atoms with E-state index < -0.39 is 5.63 Å². The van der Waals surface area contributed by atoms with Gasteiger partial charge >= 0.3 is 11.6 Å². The molecule has 0 saturated carbocycles. The summed E-state index contributed by atoms with van der Waals surface area (Å²) in [6.07, 6.45) is 0.237. The maximum absolute atomic E-state index is 11.4. The van der Waals surface area contributed by atoms with E-state index in [2.05, 4.69) is 0 Å². The van der Waals surface area contributed by atoms with Crippen LogP contribution in [0.2, 0.25) is 0 Å². The molecule has 1 unspecified atom stereocenters. The van der Waals surface area contributed by atoms with Gasteiger partial charge in [-0.05, 0) is 6.92 Å². The number of hydrogen-bond acceptors (Lipinski definition) is 4. The molecule has 1 aromatic heterocycles. The fourth-order valence-corrected chi connectivity index (χ4v) is 1.64. The molecular weight excluding hydrogens is 184 g/mol. The van der Waals surface area contributed by atoms with Crippen molar-refractivity contribution in [1.82, 2.24) is 0 Å². The van der Waals surface area contributed by atoms with Gasteiger partial charge in [-0.1, -0.05) is 6.92 Å². The summed E-state index contributed by atoms with van der Waals surface area (Å²) in [4.78, 5) is 22.5. The zero-order valence-electron chi connectivity index (χ0n) is 7.99. The van der Waals surface area contributed by atoms with Gasteiger partial charge in [0.1, 0.15) is 11.5 Å². The van der Waals surface area contributed by atoms with Crippen molar-refractivity contribution in [3.63, 3.8) is 0 Å². The average Bonchev–Trinajstić information content (AvgIpc) is 1.99. The van der Waals surface area contributed by atoms with Crippen LogP contribution in [0.1, 0.15) is 30.6 Å². The summed E-state index contributed by atoms with van der Waals surface area (Å²) in [6, 6.07) is 1.57. The number of esters is 1.